The molecule has 0 saturated carbocycles. The third-order valence-corrected chi connectivity index (χ3v) is 5.24. The maximum absolute atomic E-state index is 5.69. The third-order valence-electron chi connectivity index (χ3n) is 3.20. The quantitative estimate of drug-likeness (QED) is 0.943. The van der Waals surface area contributed by atoms with Gasteiger partial charge in [0.1, 0.15) is 0 Å². The van der Waals surface area contributed by atoms with Gasteiger partial charge < -0.3 is 10.6 Å². The number of anilines is 2. The van der Waals surface area contributed by atoms with Crippen LogP contribution in [0.3, 0.4) is 0 Å². The first-order valence-electron chi connectivity index (χ1n) is 6.50. The molecule has 0 bridgehead atoms. The summed E-state index contributed by atoms with van der Waals surface area (Å²) < 4.78 is 0. The zero-order chi connectivity index (χ0) is 13.4. The molecule has 0 atom stereocenters. The lowest BCUT2D eigenvalue weighted by molar-refractivity contribution is 0.826. The minimum Gasteiger partial charge on any atom is -0.374 e. The van der Waals surface area contributed by atoms with Gasteiger partial charge in [0.2, 0.25) is 5.13 Å². The Kier molecular flexibility index (Phi) is 3.40. The minimum absolute atomic E-state index is 0.382. The Morgan fingerprint density at radius 1 is 1.16 bits per heavy atom. The molecule has 3 rings (SSSR count). The Hall–Kier alpha value is -1.21. The first-order valence-corrected chi connectivity index (χ1v) is 8.13. The normalized spacial score (nSPS) is 15.6. The summed E-state index contributed by atoms with van der Waals surface area (Å²) in [7, 11) is 0. The highest BCUT2D eigenvalue weighted by Crippen LogP contribution is 2.40. The largest absolute Gasteiger partial charge is 0.374 e. The number of rotatable bonds is 3. The van der Waals surface area contributed by atoms with Gasteiger partial charge in [0.25, 0.3) is 0 Å². The van der Waals surface area contributed by atoms with Crippen molar-refractivity contribution in [1.29, 1.82) is 0 Å². The predicted octanol–water partition coefficient (Wildman–Crippen LogP) is 2.97. The Morgan fingerprint density at radius 3 is 2.47 bits per heavy atom. The van der Waals surface area contributed by atoms with Gasteiger partial charge >= 0.3 is 0 Å². The number of nitrogens with two attached hydrogens (primary N) is 1. The van der Waals surface area contributed by atoms with Gasteiger partial charge in [0.05, 0.1) is 10.6 Å². The van der Waals surface area contributed by atoms with E-state index in [0.29, 0.717) is 11.0 Å². The summed E-state index contributed by atoms with van der Waals surface area (Å²) in [5.41, 5.74) is 6.80. The number of hydrogen-bond acceptors (Lipinski definition) is 7. The van der Waals surface area contributed by atoms with Crippen LogP contribution in [0.1, 0.15) is 38.3 Å². The van der Waals surface area contributed by atoms with Gasteiger partial charge in [-0.2, -0.15) is 0 Å². The van der Waals surface area contributed by atoms with Crippen molar-refractivity contribution in [2.24, 2.45) is 0 Å². The van der Waals surface area contributed by atoms with Crippen LogP contribution in [0.25, 0.3) is 9.88 Å². The molecule has 1 aliphatic rings. The number of hydrogen-bond donors (Lipinski definition) is 1. The maximum Gasteiger partial charge on any atom is 0.203 e. The number of nitrogen functional groups attached to an aromatic ring is 1. The smallest absolute Gasteiger partial charge is 0.203 e. The van der Waals surface area contributed by atoms with Gasteiger partial charge in [-0.3, -0.25) is 0 Å². The van der Waals surface area contributed by atoms with Crippen LogP contribution < -0.4 is 10.6 Å². The zero-order valence-corrected chi connectivity index (χ0v) is 12.7. The lowest BCUT2D eigenvalue weighted by Gasteiger charge is -2.12. The van der Waals surface area contributed by atoms with Crippen molar-refractivity contribution in [2.45, 2.75) is 32.6 Å². The maximum atomic E-state index is 5.69. The molecule has 0 aromatic carbocycles. The van der Waals surface area contributed by atoms with Crippen molar-refractivity contribution in [3.8, 4) is 9.88 Å². The van der Waals surface area contributed by atoms with Crippen LogP contribution in [0, 0.1) is 0 Å². The fourth-order valence-corrected chi connectivity index (χ4v) is 4.20. The van der Waals surface area contributed by atoms with Crippen LogP contribution in [0.15, 0.2) is 0 Å². The first-order chi connectivity index (χ1) is 9.15. The van der Waals surface area contributed by atoms with E-state index in [2.05, 4.69) is 28.9 Å². The van der Waals surface area contributed by atoms with Gasteiger partial charge in [-0.15, -0.1) is 10.2 Å². The average Bonchev–Trinajstić information content (AvgIpc) is 3.07. The van der Waals surface area contributed by atoms with Crippen molar-refractivity contribution in [3.05, 3.63) is 5.69 Å². The highest BCUT2D eigenvalue weighted by molar-refractivity contribution is 7.25. The average molecular weight is 295 g/mol. The second-order valence-corrected chi connectivity index (χ2v) is 6.99. The van der Waals surface area contributed by atoms with Crippen LogP contribution in [-0.2, 0) is 0 Å². The molecule has 2 N–H and O–H groups in total. The van der Waals surface area contributed by atoms with E-state index in [-0.39, 0.29) is 0 Å². The summed E-state index contributed by atoms with van der Waals surface area (Å²) in [5.74, 6) is 0.382. The molecular weight excluding hydrogens is 278 g/mol. The Balaban J connectivity index is 2.01. The summed E-state index contributed by atoms with van der Waals surface area (Å²) in [4.78, 5) is 8.32. The van der Waals surface area contributed by atoms with Gasteiger partial charge in [0.15, 0.2) is 10.1 Å². The van der Waals surface area contributed by atoms with Crippen LogP contribution in [0.4, 0.5) is 10.3 Å². The Labute approximate surface area is 120 Å². The van der Waals surface area contributed by atoms with Crippen molar-refractivity contribution in [2.75, 3.05) is 23.7 Å². The summed E-state index contributed by atoms with van der Waals surface area (Å²) in [5, 5.41) is 10.6. The molecule has 0 aliphatic carbocycles. The fourth-order valence-electron chi connectivity index (χ4n) is 2.23. The lowest BCUT2D eigenvalue weighted by atomic mass is 10.1. The van der Waals surface area contributed by atoms with E-state index >= 15 is 0 Å². The Bertz CT molecular complexity index is 568. The fraction of sp³-hybridized carbons (Fsp3) is 0.583. The van der Waals surface area contributed by atoms with E-state index in [4.69, 9.17) is 10.7 Å². The van der Waals surface area contributed by atoms with E-state index in [1.165, 1.54) is 24.2 Å². The molecule has 0 radical (unpaired) electrons. The molecule has 2 aromatic rings. The molecule has 1 saturated heterocycles. The summed E-state index contributed by atoms with van der Waals surface area (Å²) in [6, 6.07) is 0. The second-order valence-electron chi connectivity index (χ2n) is 5.01. The zero-order valence-electron chi connectivity index (χ0n) is 11.1. The molecule has 0 unspecified atom stereocenters. The molecule has 7 heteroatoms. The minimum atomic E-state index is 0.382. The van der Waals surface area contributed by atoms with Crippen LogP contribution in [0.2, 0.25) is 0 Å². The molecule has 2 aromatic heterocycles. The summed E-state index contributed by atoms with van der Waals surface area (Å²) >= 11 is 3.15. The van der Waals surface area contributed by atoms with Gasteiger partial charge in [-0.25, -0.2) is 4.98 Å². The Morgan fingerprint density at radius 2 is 1.89 bits per heavy atom. The molecule has 1 fully saturated rings. The molecule has 102 valence electrons. The standard InChI is InChI=1S/C12H17N5S2/c1-7(2)8-9(10-15-16-11(13)19-10)18-12(14-8)17-5-3-4-6-17/h7H,3-6H2,1-2H3,(H2,13,16). The van der Waals surface area contributed by atoms with Crippen LogP contribution in [-0.4, -0.2) is 28.3 Å². The van der Waals surface area contributed by atoms with Crippen LogP contribution in [0.5, 0.6) is 0 Å². The summed E-state index contributed by atoms with van der Waals surface area (Å²) in [6.45, 7) is 6.55. The molecule has 0 spiro atoms. The summed E-state index contributed by atoms with van der Waals surface area (Å²) in [6.07, 6.45) is 2.52. The number of thiazole rings is 1. The monoisotopic (exact) mass is 295 g/mol. The number of nitrogens with zero attached hydrogens (tertiary/aromatic N) is 4. The molecule has 1 aliphatic heterocycles. The van der Waals surface area contributed by atoms with E-state index in [1.807, 2.05) is 0 Å². The van der Waals surface area contributed by atoms with Gasteiger partial charge in [-0.1, -0.05) is 36.5 Å². The first kappa shape index (κ1) is 12.8. The highest BCUT2D eigenvalue weighted by atomic mass is 32.1. The van der Waals surface area contributed by atoms with Gasteiger partial charge in [-0.05, 0) is 18.8 Å². The number of aromatic nitrogens is 3. The van der Waals surface area contributed by atoms with Crippen molar-refractivity contribution in [1.82, 2.24) is 15.2 Å². The van der Waals surface area contributed by atoms with Crippen molar-refractivity contribution in [3.63, 3.8) is 0 Å². The van der Waals surface area contributed by atoms with E-state index in [1.54, 1.807) is 11.3 Å². The molecule has 5 nitrogen and oxygen atoms in total. The highest BCUT2D eigenvalue weighted by Gasteiger charge is 2.23. The molecular formula is C12H17N5S2. The van der Waals surface area contributed by atoms with Crippen molar-refractivity contribution >= 4 is 32.9 Å². The van der Waals surface area contributed by atoms with Crippen molar-refractivity contribution < 1.29 is 0 Å². The topological polar surface area (TPSA) is 67.9 Å². The van der Waals surface area contributed by atoms with E-state index in [0.717, 1.165) is 33.8 Å². The van der Waals surface area contributed by atoms with Gasteiger partial charge in [0, 0.05) is 13.1 Å². The lowest BCUT2D eigenvalue weighted by Crippen LogP contribution is -2.17. The third kappa shape index (κ3) is 2.44. The van der Waals surface area contributed by atoms with Crippen LogP contribution >= 0.6 is 22.7 Å². The molecule has 0 amide bonds. The predicted molar refractivity (Wildman–Crippen MR) is 81.0 cm³/mol. The second kappa shape index (κ2) is 5.05. The molecule has 3 heterocycles. The molecule has 19 heavy (non-hydrogen) atoms. The van der Waals surface area contributed by atoms with E-state index < -0.39 is 0 Å². The van der Waals surface area contributed by atoms with E-state index in [9.17, 15) is 0 Å². The SMILES string of the molecule is CC(C)c1nc(N2CCCC2)sc1-c1nnc(N)s1.